The second kappa shape index (κ2) is 4.95. The molecule has 0 aromatic heterocycles. The molecule has 0 heterocycles. The van der Waals surface area contributed by atoms with Crippen LogP contribution in [0.25, 0.3) is 0 Å². The van der Waals surface area contributed by atoms with E-state index in [1.54, 1.807) is 0 Å². The first-order valence-electron chi connectivity index (χ1n) is 9.52. The number of hydrogen-bond acceptors (Lipinski definition) is 0. The van der Waals surface area contributed by atoms with Gasteiger partial charge in [-0.25, -0.2) is 4.39 Å². The summed E-state index contributed by atoms with van der Waals surface area (Å²) in [6.07, 6.45) is 14.6. The van der Waals surface area contributed by atoms with Crippen LogP contribution in [0.15, 0.2) is 23.8 Å². The van der Waals surface area contributed by atoms with Crippen molar-refractivity contribution >= 4 is 0 Å². The second-order valence-corrected chi connectivity index (χ2v) is 8.89. The summed E-state index contributed by atoms with van der Waals surface area (Å²) in [7, 11) is 0. The predicted octanol–water partition coefficient (Wildman–Crippen LogP) is 6.09. The number of halogens is 1. The first-order chi connectivity index (χ1) is 10.5. The van der Waals surface area contributed by atoms with Crippen molar-refractivity contribution in [1.82, 2.24) is 0 Å². The van der Waals surface area contributed by atoms with Gasteiger partial charge in [-0.2, -0.15) is 0 Å². The Kier molecular flexibility index (Phi) is 3.37. The molecule has 3 saturated carbocycles. The lowest BCUT2D eigenvalue weighted by molar-refractivity contribution is -0.0706. The fraction of sp³-hybridized carbons (Fsp3) is 0.810. The van der Waals surface area contributed by atoms with Gasteiger partial charge >= 0.3 is 0 Å². The Morgan fingerprint density at radius 3 is 2.77 bits per heavy atom. The highest BCUT2D eigenvalue weighted by molar-refractivity contribution is 5.32. The van der Waals surface area contributed by atoms with Gasteiger partial charge in [0, 0.05) is 11.8 Å². The number of fused-ring (bicyclic) bond motifs is 5. The van der Waals surface area contributed by atoms with Crippen molar-refractivity contribution in [1.29, 1.82) is 0 Å². The molecule has 0 nitrogen and oxygen atoms in total. The molecule has 4 aliphatic rings. The van der Waals surface area contributed by atoms with Crippen LogP contribution in [0.5, 0.6) is 0 Å². The highest BCUT2D eigenvalue weighted by Crippen LogP contribution is 2.66. The highest BCUT2D eigenvalue weighted by atomic mass is 19.1. The summed E-state index contributed by atoms with van der Waals surface area (Å²) in [6.45, 7) is 7.23. The first kappa shape index (κ1) is 15.0. The number of rotatable bonds is 1. The van der Waals surface area contributed by atoms with Crippen LogP contribution in [0.3, 0.4) is 0 Å². The third kappa shape index (κ3) is 1.80. The Balaban J connectivity index is 1.72. The lowest BCUT2D eigenvalue weighted by atomic mass is 9.47. The van der Waals surface area contributed by atoms with Crippen molar-refractivity contribution in [3.63, 3.8) is 0 Å². The summed E-state index contributed by atoms with van der Waals surface area (Å²) in [5.41, 5.74) is 1.96. The molecule has 1 unspecified atom stereocenters. The van der Waals surface area contributed by atoms with E-state index in [9.17, 15) is 0 Å². The van der Waals surface area contributed by atoms with Gasteiger partial charge in [-0.15, -0.1) is 0 Å². The Hall–Kier alpha value is -0.590. The molecular weight excluding hydrogens is 271 g/mol. The van der Waals surface area contributed by atoms with E-state index in [0.717, 1.165) is 12.3 Å². The monoisotopic (exact) mass is 302 g/mol. The lowest BCUT2D eigenvalue weighted by Crippen LogP contribution is -2.53. The molecule has 122 valence electrons. The molecule has 0 aliphatic heterocycles. The van der Waals surface area contributed by atoms with Crippen LogP contribution in [0.4, 0.5) is 4.39 Å². The van der Waals surface area contributed by atoms with Gasteiger partial charge in [0.25, 0.3) is 0 Å². The molecule has 1 heteroatoms. The maximum Gasteiger partial charge on any atom is 0.107 e. The third-order valence-corrected chi connectivity index (χ3v) is 8.28. The average Bonchev–Trinajstić information content (AvgIpc) is 2.84. The van der Waals surface area contributed by atoms with Crippen molar-refractivity contribution in [2.75, 3.05) is 0 Å². The van der Waals surface area contributed by atoms with Gasteiger partial charge in [0.15, 0.2) is 0 Å². The molecule has 0 amide bonds. The Morgan fingerprint density at radius 1 is 1.18 bits per heavy atom. The van der Waals surface area contributed by atoms with Crippen molar-refractivity contribution in [3.05, 3.63) is 23.8 Å². The van der Waals surface area contributed by atoms with E-state index < -0.39 is 6.17 Å². The summed E-state index contributed by atoms with van der Waals surface area (Å²) in [4.78, 5) is 0. The summed E-state index contributed by atoms with van der Waals surface area (Å²) in [6, 6.07) is 0. The average molecular weight is 302 g/mol. The predicted molar refractivity (Wildman–Crippen MR) is 90.3 cm³/mol. The smallest absolute Gasteiger partial charge is 0.107 e. The van der Waals surface area contributed by atoms with Crippen LogP contribution in [-0.2, 0) is 0 Å². The molecule has 0 spiro atoms. The van der Waals surface area contributed by atoms with Crippen molar-refractivity contribution in [2.45, 2.75) is 71.9 Å². The Morgan fingerprint density at radius 2 is 2.00 bits per heavy atom. The Bertz CT molecular complexity index is 518. The molecule has 4 aliphatic carbocycles. The van der Waals surface area contributed by atoms with Crippen molar-refractivity contribution < 1.29 is 4.39 Å². The number of hydrogen-bond donors (Lipinski definition) is 0. The van der Waals surface area contributed by atoms with E-state index in [2.05, 4.69) is 39.0 Å². The topological polar surface area (TPSA) is 0 Å². The van der Waals surface area contributed by atoms with Crippen molar-refractivity contribution in [2.24, 2.45) is 34.5 Å². The molecule has 0 aromatic rings. The fourth-order valence-electron chi connectivity index (χ4n) is 7.04. The van der Waals surface area contributed by atoms with Gasteiger partial charge < -0.3 is 0 Å². The van der Waals surface area contributed by atoms with E-state index >= 15 is 4.39 Å². The molecule has 0 aromatic carbocycles. The van der Waals surface area contributed by atoms with Crippen LogP contribution in [0, 0.1) is 34.5 Å². The summed E-state index contributed by atoms with van der Waals surface area (Å²) < 4.78 is 15.2. The van der Waals surface area contributed by atoms with E-state index in [1.165, 1.54) is 37.7 Å². The minimum Gasteiger partial charge on any atom is -0.247 e. The largest absolute Gasteiger partial charge is 0.247 e. The van der Waals surface area contributed by atoms with Gasteiger partial charge in [-0.1, -0.05) is 51.0 Å². The molecule has 4 rings (SSSR count). The van der Waals surface area contributed by atoms with Gasteiger partial charge in [0.1, 0.15) is 6.17 Å². The standard InChI is InChI=1S/C21H31F/c1-4-14-8-9-16-19-17(10-12-21(14,16)3)20(2)11-6-5-7-15(20)13-18(19)22/h6-7,11,14,16-19H,4-5,8-10,12-13H2,1-3H3/t14-,16-,17-,18?,19-,20-,21+/m0/s1. The Labute approximate surface area is 135 Å². The molecular formula is C21H31F. The fourth-order valence-corrected chi connectivity index (χ4v) is 7.04. The van der Waals surface area contributed by atoms with Gasteiger partial charge in [0.05, 0.1) is 0 Å². The third-order valence-electron chi connectivity index (χ3n) is 8.28. The van der Waals surface area contributed by atoms with Crippen LogP contribution in [0.1, 0.15) is 65.7 Å². The van der Waals surface area contributed by atoms with Crippen LogP contribution in [-0.4, -0.2) is 6.17 Å². The van der Waals surface area contributed by atoms with E-state index in [1.807, 2.05) is 0 Å². The molecule has 3 fully saturated rings. The normalized spacial score (nSPS) is 53.5. The van der Waals surface area contributed by atoms with E-state index in [4.69, 9.17) is 0 Å². The number of allylic oxidation sites excluding steroid dienone is 4. The summed E-state index contributed by atoms with van der Waals surface area (Å²) >= 11 is 0. The second-order valence-electron chi connectivity index (χ2n) is 8.89. The molecule has 7 atom stereocenters. The lowest BCUT2D eigenvalue weighted by Gasteiger charge is -2.58. The van der Waals surface area contributed by atoms with Gasteiger partial charge in [0.2, 0.25) is 0 Å². The zero-order chi connectivity index (χ0) is 15.5. The van der Waals surface area contributed by atoms with E-state index in [-0.39, 0.29) is 5.41 Å². The van der Waals surface area contributed by atoms with Crippen LogP contribution in [0.2, 0.25) is 0 Å². The van der Waals surface area contributed by atoms with E-state index in [0.29, 0.717) is 29.6 Å². The highest BCUT2D eigenvalue weighted by Gasteiger charge is 2.60. The number of alkyl halides is 1. The minimum absolute atomic E-state index is 0.150. The minimum atomic E-state index is -0.601. The van der Waals surface area contributed by atoms with Crippen LogP contribution >= 0.6 is 0 Å². The maximum atomic E-state index is 15.2. The van der Waals surface area contributed by atoms with Crippen LogP contribution < -0.4 is 0 Å². The molecule has 0 saturated heterocycles. The SMILES string of the molecule is CC[C@H]1CC[C@H]2[C@@H]3C(F)CC4=CCC=C[C@]4(C)[C@H]3CC[C@]12C. The summed E-state index contributed by atoms with van der Waals surface area (Å²) in [5, 5.41) is 0. The van der Waals surface area contributed by atoms with Crippen molar-refractivity contribution in [3.8, 4) is 0 Å². The zero-order valence-corrected chi connectivity index (χ0v) is 14.4. The zero-order valence-electron chi connectivity index (χ0n) is 14.4. The first-order valence-corrected chi connectivity index (χ1v) is 9.52. The summed E-state index contributed by atoms with van der Waals surface area (Å²) in [5.74, 6) is 2.30. The maximum absolute atomic E-state index is 15.2. The van der Waals surface area contributed by atoms with Gasteiger partial charge in [-0.05, 0) is 61.2 Å². The quantitative estimate of drug-likeness (QED) is 0.514. The molecule has 22 heavy (non-hydrogen) atoms. The molecule has 0 N–H and O–H groups in total. The molecule has 0 radical (unpaired) electrons. The molecule has 0 bridgehead atoms. The van der Waals surface area contributed by atoms with Gasteiger partial charge in [-0.3, -0.25) is 0 Å².